The molecule has 148 valence electrons. The zero-order chi connectivity index (χ0) is 21.0. The second-order valence-electron chi connectivity index (χ2n) is 6.00. The zero-order valence-electron chi connectivity index (χ0n) is 15.2. The molecule has 0 spiro atoms. The van der Waals surface area contributed by atoms with E-state index >= 15 is 0 Å². The minimum atomic E-state index is -0.994. The fourth-order valence-corrected chi connectivity index (χ4v) is 2.76. The van der Waals surface area contributed by atoms with E-state index in [0.29, 0.717) is 17.1 Å². The van der Waals surface area contributed by atoms with Crippen LogP contribution in [0, 0.1) is 0 Å². The van der Waals surface area contributed by atoms with Gasteiger partial charge < -0.3 is 14.6 Å². The summed E-state index contributed by atoms with van der Waals surface area (Å²) in [5.74, 6) is -1.29. The van der Waals surface area contributed by atoms with Crippen molar-refractivity contribution in [3.63, 3.8) is 0 Å². The molecule has 0 aliphatic carbocycles. The van der Waals surface area contributed by atoms with E-state index in [1.807, 2.05) is 0 Å². The highest BCUT2D eigenvalue weighted by atomic mass is 32.1. The van der Waals surface area contributed by atoms with Crippen molar-refractivity contribution in [1.29, 1.82) is 0 Å². The number of aromatic carboxylic acids is 1. The van der Waals surface area contributed by atoms with Crippen LogP contribution in [-0.2, 0) is 16.2 Å². The van der Waals surface area contributed by atoms with E-state index in [4.69, 9.17) is 26.8 Å². The molecule has 3 rings (SSSR count). The molecule has 1 aliphatic rings. The van der Waals surface area contributed by atoms with Crippen molar-refractivity contribution in [2.45, 2.75) is 6.61 Å². The largest absolute Gasteiger partial charge is 0.493 e. The van der Waals surface area contributed by atoms with Gasteiger partial charge in [0, 0.05) is 0 Å². The van der Waals surface area contributed by atoms with E-state index < -0.39 is 17.8 Å². The Balaban J connectivity index is 1.76. The topological polar surface area (TPSA) is 114 Å². The van der Waals surface area contributed by atoms with Gasteiger partial charge in [-0.1, -0.05) is 18.2 Å². The maximum atomic E-state index is 11.9. The van der Waals surface area contributed by atoms with Gasteiger partial charge in [-0.05, 0) is 53.7 Å². The summed E-state index contributed by atoms with van der Waals surface area (Å²) in [7, 11) is 1.47. The van der Waals surface area contributed by atoms with Crippen LogP contribution in [0.1, 0.15) is 21.5 Å². The average molecular weight is 412 g/mol. The van der Waals surface area contributed by atoms with Gasteiger partial charge in [0.25, 0.3) is 11.8 Å². The number of benzene rings is 2. The van der Waals surface area contributed by atoms with Crippen molar-refractivity contribution < 1.29 is 29.0 Å². The number of carbonyl (C=O) groups excluding carboxylic acids is 2. The summed E-state index contributed by atoms with van der Waals surface area (Å²) in [4.78, 5) is 34.8. The fraction of sp³-hybridized carbons (Fsp3) is 0.100. The number of methoxy groups -OCH3 is 1. The van der Waals surface area contributed by atoms with Gasteiger partial charge >= 0.3 is 5.97 Å². The van der Waals surface area contributed by atoms with Crippen molar-refractivity contribution in [2.75, 3.05) is 7.11 Å². The van der Waals surface area contributed by atoms with Crippen LogP contribution in [0.5, 0.6) is 11.5 Å². The van der Waals surface area contributed by atoms with Crippen LogP contribution < -0.4 is 20.1 Å². The smallest absolute Gasteiger partial charge is 0.335 e. The predicted molar refractivity (Wildman–Crippen MR) is 108 cm³/mol. The van der Waals surface area contributed by atoms with Crippen molar-refractivity contribution in [2.24, 2.45) is 0 Å². The molecule has 2 aromatic carbocycles. The van der Waals surface area contributed by atoms with E-state index in [-0.39, 0.29) is 22.9 Å². The maximum Gasteiger partial charge on any atom is 0.335 e. The molecule has 2 aromatic rings. The molecule has 0 aromatic heterocycles. The van der Waals surface area contributed by atoms with Gasteiger partial charge in [-0.15, -0.1) is 0 Å². The van der Waals surface area contributed by atoms with Gasteiger partial charge in [0.05, 0.1) is 12.7 Å². The van der Waals surface area contributed by atoms with E-state index in [1.165, 1.54) is 25.3 Å². The number of amides is 2. The van der Waals surface area contributed by atoms with Crippen molar-refractivity contribution >= 4 is 41.2 Å². The first-order valence-corrected chi connectivity index (χ1v) is 8.79. The molecule has 0 bridgehead atoms. The number of rotatable bonds is 6. The summed E-state index contributed by atoms with van der Waals surface area (Å²) < 4.78 is 11.1. The Labute approximate surface area is 171 Å². The summed E-state index contributed by atoms with van der Waals surface area (Å²) in [6.45, 7) is 0.207. The number of nitrogens with one attached hydrogen (secondary N) is 2. The minimum Gasteiger partial charge on any atom is -0.493 e. The summed E-state index contributed by atoms with van der Waals surface area (Å²) >= 11 is 4.77. The van der Waals surface area contributed by atoms with Crippen LogP contribution in [0.2, 0.25) is 0 Å². The number of carboxylic acid groups (broad SMARTS) is 1. The van der Waals surface area contributed by atoms with E-state index in [9.17, 15) is 14.4 Å². The molecule has 1 fully saturated rings. The Hall–Kier alpha value is -3.72. The summed E-state index contributed by atoms with van der Waals surface area (Å²) in [6.07, 6.45) is 1.42. The third-order valence-electron chi connectivity index (χ3n) is 4.04. The number of ether oxygens (including phenoxy) is 2. The average Bonchev–Trinajstić information content (AvgIpc) is 2.69. The second-order valence-corrected chi connectivity index (χ2v) is 6.40. The molecule has 9 heteroatoms. The molecule has 3 N–H and O–H groups in total. The third-order valence-corrected chi connectivity index (χ3v) is 4.24. The van der Waals surface area contributed by atoms with Crippen LogP contribution in [0.4, 0.5) is 0 Å². The van der Waals surface area contributed by atoms with E-state index in [2.05, 4.69) is 10.6 Å². The molecular formula is C20H16N2O6S. The van der Waals surface area contributed by atoms with E-state index in [1.54, 1.807) is 30.3 Å². The second kappa shape index (κ2) is 8.53. The van der Waals surface area contributed by atoms with Crippen LogP contribution in [-0.4, -0.2) is 35.1 Å². The van der Waals surface area contributed by atoms with Gasteiger partial charge in [-0.3, -0.25) is 20.2 Å². The summed E-state index contributed by atoms with van der Waals surface area (Å²) in [6, 6.07) is 11.3. The molecule has 1 aliphatic heterocycles. The molecule has 8 nitrogen and oxygen atoms in total. The Morgan fingerprint density at radius 2 is 1.72 bits per heavy atom. The quantitative estimate of drug-likeness (QED) is 0.377. The number of carboxylic acids is 1. The molecule has 2 amide bonds. The SMILES string of the molecule is COc1cc(C=C2C(=O)NC(=S)NC2=O)ccc1OCc1ccc(C(=O)O)cc1. The van der Waals surface area contributed by atoms with Crippen molar-refractivity contribution in [1.82, 2.24) is 10.6 Å². The number of hydrogen-bond acceptors (Lipinski definition) is 6. The highest BCUT2D eigenvalue weighted by Gasteiger charge is 2.25. The first-order chi connectivity index (χ1) is 13.9. The highest BCUT2D eigenvalue weighted by Crippen LogP contribution is 2.30. The molecule has 1 saturated heterocycles. The zero-order valence-corrected chi connectivity index (χ0v) is 16.0. The van der Waals surface area contributed by atoms with Gasteiger partial charge in [0.2, 0.25) is 0 Å². The first kappa shape index (κ1) is 20.0. The molecule has 0 saturated carbocycles. The lowest BCUT2D eigenvalue weighted by Gasteiger charge is -2.16. The van der Waals surface area contributed by atoms with Crippen molar-refractivity contribution in [3.8, 4) is 11.5 Å². The molecule has 29 heavy (non-hydrogen) atoms. The lowest BCUT2D eigenvalue weighted by atomic mass is 10.1. The molecular weight excluding hydrogens is 396 g/mol. The summed E-state index contributed by atoms with van der Waals surface area (Å²) in [5.41, 5.74) is 1.47. The lowest BCUT2D eigenvalue weighted by molar-refractivity contribution is -0.123. The fourth-order valence-electron chi connectivity index (χ4n) is 2.57. The first-order valence-electron chi connectivity index (χ1n) is 8.39. The van der Waals surface area contributed by atoms with Crippen LogP contribution >= 0.6 is 12.2 Å². The normalized spacial score (nSPS) is 13.4. The maximum absolute atomic E-state index is 11.9. The molecule has 0 unspecified atom stereocenters. The molecule has 0 atom stereocenters. The monoisotopic (exact) mass is 412 g/mol. The third kappa shape index (κ3) is 4.77. The van der Waals surface area contributed by atoms with E-state index in [0.717, 1.165) is 5.56 Å². The Kier molecular flexibility index (Phi) is 5.89. The van der Waals surface area contributed by atoms with Gasteiger partial charge in [-0.2, -0.15) is 0 Å². The van der Waals surface area contributed by atoms with Crippen LogP contribution in [0.15, 0.2) is 48.0 Å². The predicted octanol–water partition coefficient (Wildman–Crippen LogP) is 1.89. The van der Waals surface area contributed by atoms with Crippen LogP contribution in [0.3, 0.4) is 0 Å². The van der Waals surface area contributed by atoms with Gasteiger partial charge in [0.1, 0.15) is 12.2 Å². The lowest BCUT2D eigenvalue weighted by Crippen LogP contribution is -2.51. The van der Waals surface area contributed by atoms with Crippen molar-refractivity contribution in [3.05, 3.63) is 64.7 Å². The number of thiocarbonyl (C=S) groups is 1. The van der Waals surface area contributed by atoms with Gasteiger partial charge in [-0.25, -0.2) is 4.79 Å². The number of carbonyl (C=O) groups is 3. The Morgan fingerprint density at radius 1 is 1.07 bits per heavy atom. The molecule has 1 heterocycles. The Bertz CT molecular complexity index is 1010. The Morgan fingerprint density at radius 3 is 2.31 bits per heavy atom. The standard InChI is InChI=1S/C20H16N2O6S/c1-27-16-9-12(8-14-17(23)21-20(29)22-18(14)24)4-7-15(16)28-10-11-2-5-13(6-3-11)19(25)26/h2-9H,10H2,1H3,(H,25,26)(H2,21,22,23,24,29). The van der Waals surface area contributed by atoms with Crippen LogP contribution in [0.25, 0.3) is 6.08 Å². The summed E-state index contributed by atoms with van der Waals surface area (Å²) in [5, 5.41) is 13.6. The highest BCUT2D eigenvalue weighted by molar-refractivity contribution is 7.80. The molecule has 0 radical (unpaired) electrons. The minimum absolute atomic E-state index is 0.0325. The van der Waals surface area contributed by atoms with Gasteiger partial charge in [0.15, 0.2) is 16.6 Å². The number of hydrogen-bond donors (Lipinski definition) is 3.